The Morgan fingerprint density at radius 3 is 2.45 bits per heavy atom. The standard InChI is InChI=1S/C25H28O6/c1-14(2)5-4-6-15(3)7-9-18-20(28)12-21(29)24-22(30)13-23(31-25(18)24)17-10-8-16(26)11-19(17)27/h5,7-8,10-12,23,26-29H,4,6,9,13H2,1-3H3. The SMILES string of the molecule is CC(C)=CCCC(C)=CCc1c(O)cc(O)c2c1OC(c1ccc(O)cc1O)CC2=O. The summed E-state index contributed by atoms with van der Waals surface area (Å²) in [6, 6.07) is 5.24. The van der Waals surface area contributed by atoms with Crippen molar-refractivity contribution in [2.75, 3.05) is 0 Å². The number of hydrogen-bond donors (Lipinski definition) is 4. The Bertz CT molecular complexity index is 1060. The molecule has 6 nitrogen and oxygen atoms in total. The van der Waals surface area contributed by atoms with Crippen molar-refractivity contribution in [1.82, 2.24) is 0 Å². The molecule has 1 atom stereocenters. The molecule has 0 saturated carbocycles. The van der Waals surface area contributed by atoms with Gasteiger partial charge >= 0.3 is 0 Å². The second-order valence-electron chi connectivity index (χ2n) is 8.15. The van der Waals surface area contributed by atoms with Crippen LogP contribution in [0.3, 0.4) is 0 Å². The number of ketones is 1. The lowest BCUT2D eigenvalue weighted by Crippen LogP contribution is -2.21. The average molecular weight is 424 g/mol. The highest BCUT2D eigenvalue weighted by Crippen LogP contribution is 2.46. The fourth-order valence-electron chi connectivity index (χ4n) is 3.67. The summed E-state index contributed by atoms with van der Waals surface area (Å²) in [5.41, 5.74) is 3.18. The first-order chi connectivity index (χ1) is 14.7. The monoisotopic (exact) mass is 424 g/mol. The van der Waals surface area contributed by atoms with Crippen LogP contribution in [0.15, 0.2) is 47.6 Å². The third-order valence-electron chi connectivity index (χ3n) is 5.36. The Balaban J connectivity index is 1.94. The molecule has 1 heterocycles. The van der Waals surface area contributed by atoms with Crippen molar-refractivity contribution in [3.8, 4) is 28.7 Å². The zero-order valence-corrected chi connectivity index (χ0v) is 18.0. The molecular weight excluding hydrogens is 396 g/mol. The maximum atomic E-state index is 12.8. The van der Waals surface area contributed by atoms with E-state index < -0.39 is 6.10 Å². The summed E-state index contributed by atoms with van der Waals surface area (Å²) in [4.78, 5) is 12.8. The molecule has 4 N–H and O–H groups in total. The van der Waals surface area contributed by atoms with Gasteiger partial charge in [-0.3, -0.25) is 4.79 Å². The number of carbonyl (C=O) groups is 1. The quantitative estimate of drug-likeness (QED) is 0.459. The summed E-state index contributed by atoms with van der Waals surface area (Å²) in [6.07, 6.45) is 5.37. The molecule has 0 radical (unpaired) electrons. The van der Waals surface area contributed by atoms with Gasteiger partial charge in [0.15, 0.2) is 5.78 Å². The van der Waals surface area contributed by atoms with Crippen LogP contribution in [0.2, 0.25) is 0 Å². The van der Waals surface area contributed by atoms with Crippen LogP contribution >= 0.6 is 0 Å². The fraction of sp³-hybridized carbons (Fsp3) is 0.320. The van der Waals surface area contributed by atoms with E-state index in [-0.39, 0.29) is 46.5 Å². The molecule has 2 aromatic rings. The van der Waals surface area contributed by atoms with E-state index in [1.807, 2.05) is 13.0 Å². The number of aromatic hydroxyl groups is 4. The van der Waals surface area contributed by atoms with Crippen LogP contribution in [0.25, 0.3) is 0 Å². The van der Waals surface area contributed by atoms with Gasteiger partial charge in [-0.25, -0.2) is 0 Å². The first-order valence-electron chi connectivity index (χ1n) is 10.3. The highest BCUT2D eigenvalue weighted by molar-refractivity contribution is 6.03. The number of phenols is 4. The Hall–Kier alpha value is -3.41. The maximum absolute atomic E-state index is 12.8. The van der Waals surface area contributed by atoms with Gasteiger partial charge in [-0.1, -0.05) is 23.3 Å². The molecule has 3 rings (SSSR count). The smallest absolute Gasteiger partial charge is 0.174 e. The average Bonchev–Trinajstić information content (AvgIpc) is 2.66. The van der Waals surface area contributed by atoms with E-state index >= 15 is 0 Å². The van der Waals surface area contributed by atoms with Crippen molar-refractivity contribution in [3.63, 3.8) is 0 Å². The highest BCUT2D eigenvalue weighted by atomic mass is 16.5. The summed E-state index contributed by atoms with van der Waals surface area (Å²) in [6.45, 7) is 6.11. The number of ether oxygens (including phenoxy) is 1. The van der Waals surface area contributed by atoms with Crippen LogP contribution in [0, 0.1) is 0 Å². The Morgan fingerprint density at radius 1 is 1.03 bits per heavy atom. The van der Waals surface area contributed by atoms with Crippen molar-refractivity contribution in [1.29, 1.82) is 0 Å². The van der Waals surface area contributed by atoms with Crippen molar-refractivity contribution in [2.45, 2.75) is 52.6 Å². The lowest BCUT2D eigenvalue weighted by atomic mass is 9.91. The fourth-order valence-corrected chi connectivity index (χ4v) is 3.67. The molecule has 0 amide bonds. The molecule has 164 valence electrons. The molecule has 0 bridgehead atoms. The third-order valence-corrected chi connectivity index (χ3v) is 5.36. The van der Waals surface area contributed by atoms with Gasteiger partial charge in [0.1, 0.15) is 40.4 Å². The predicted molar refractivity (Wildman–Crippen MR) is 118 cm³/mol. The summed E-state index contributed by atoms with van der Waals surface area (Å²) >= 11 is 0. The number of carbonyl (C=O) groups excluding carboxylic acids is 1. The van der Waals surface area contributed by atoms with Crippen LogP contribution in [0.1, 0.15) is 67.6 Å². The van der Waals surface area contributed by atoms with Gasteiger partial charge in [0, 0.05) is 23.3 Å². The summed E-state index contributed by atoms with van der Waals surface area (Å²) in [5.74, 6) is -1.01. The molecule has 1 unspecified atom stereocenters. The maximum Gasteiger partial charge on any atom is 0.174 e. The number of phenolic OH excluding ortho intramolecular Hbond substituents is 4. The molecule has 6 heteroatoms. The van der Waals surface area contributed by atoms with Crippen LogP contribution in [-0.4, -0.2) is 26.2 Å². The number of rotatable bonds is 6. The van der Waals surface area contributed by atoms with Gasteiger partial charge in [0.25, 0.3) is 0 Å². The van der Waals surface area contributed by atoms with Gasteiger partial charge in [-0.15, -0.1) is 0 Å². The number of hydrogen-bond acceptors (Lipinski definition) is 6. The number of fused-ring (bicyclic) bond motifs is 1. The minimum Gasteiger partial charge on any atom is -0.508 e. The van der Waals surface area contributed by atoms with E-state index in [1.165, 1.54) is 29.8 Å². The lowest BCUT2D eigenvalue weighted by Gasteiger charge is -2.28. The largest absolute Gasteiger partial charge is 0.508 e. The zero-order valence-electron chi connectivity index (χ0n) is 18.0. The van der Waals surface area contributed by atoms with Crippen molar-refractivity contribution < 1.29 is 30.0 Å². The molecule has 2 aromatic carbocycles. The first-order valence-corrected chi connectivity index (χ1v) is 10.3. The summed E-state index contributed by atoms with van der Waals surface area (Å²) < 4.78 is 6.03. The molecule has 0 aromatic heterocycles. The van der Waals surface area contributed by atoms with Crippen molar-refractivity contribution in [2.24, 2.45) is 0 Å². The normalized spacial score (nSPS) is 15.9. The van der Waals surface area contributed by atoms with Gasteiger partial charge < -0.3 is 25.2 Å². The zero-order chi connectivity index (χ0) is 22.7. The van der Waals surface area contributed by atoms with Crippen molar-refractivity contribution in [3.05, 3.63) is 64.3 Å². The van der Waals surface area contributed by atoms with E-state index in [4.69, 9.17) is 4.74 Å². The highest BCUT2D eigenvalue weighted by Gasteiger charge is 2.34. The number of benzene rings is 2. The molecule has 0 saturated heterocycles. The van der Waals surface area contributed by atoms with Crippen LogP contribution in [0.4, 0.5) is 0 Å². The van der Waals surface area contributed by atoms with E-state index in [0.29, 0.717) is 17.5 Å². The molecule has 31 heavy (non-hydrogen) atoms. The van der Waals surface area contributed by atoms with Gasteiger partial charge in [0.05, 0.1) is 6.42 Å². The minimum atomic E-state index is -0.803. The number of Topliss-reactive ketones (excluding diaryl/α,β-unsaturated/α-hetero) is 1. The Morgan fingerprint density at radius 2 is 1.77 bits per heavy atom. The molecule has 0 aliphatic carbocycles. The van der Waals surface area contributed by atoms with E-state index in [1.54, 1.807) is 0 Å². The lowest BCUT2D eigenvalue weighted by molar-refractivity contribution is 0.0839. The first kappa shape index (κ1) is 22.3. The second kappa shape index (κ2) is 9.16. The molecule has 0 fully saturated rings. The summed E-state index contributed by atoms with van der Waals surface area (Å²) in [7, 11) is 0. The van der Waals surface area contributed by atoms with Crippen molar-refractivity contribution >= 4 is 5.78 Å². The van der Waals surface area contributed by atoms with Crippen LogP contribution in [0.5, 0.6) is 28.7 Å². The molecule has 1 aliphatic heterocycles. The Labute approximate surface area is 181 Å². The minimum absolute atomic E-state index is 0.0397. The molecule has 0 spiro atoms. The van der Waals surface area contributed by atoms with Crippen LogP contribution < -0.4 is 4.74 Å². The summed E-state index contributed by atoms with van der Waals surface area (Å²) in [5, 5.41) is 40.5. The molecule has 1 aliphatic rings. The van der Waals surface area contributed by atoms with E-state index in [2.05, 4.69) is 19.9 Å². The van der Waals surface area contributed by atoms with E-state index in [0.717, 1.165) is 18.4 Å². The molecular formula is C25H28O6. The predicted octanol–water partition coefficient (Wildman–Crippen LogP) is 5.45. The van der Waals surface area contributed by atoms with E-state index in [9.17, 15) is 25.2 Å². The topological polar surface area (TPSA) is 107 Å². The van der Waals surface area contributed by atoms with Gasteiger partial charge in [0.2, 0.25) is 0 Å². The number of allylic oxidation sites excluding steroid dienone is 4. The second-order valence-corrected chi connectivity index (χ2v) is 8.15. The van der Waals surface area contributed by atoms with Crippen LogP contribution in [-0.2, 0) is 6.42 Å². The van der Waals surface area contributed by atoms with Gasteiger partial charge in [-0.05, 0) is 52.2 Å². The van der Waals surface area contributed by atoms with Gasteiger partial charge in [-0.2, -0.15) is 0 Å². The Kier molecular flexibility index (Phi) is 6.59. The third kappa shape index (κ3) is 5.02.